The average Bonchev–Trinajstić information content (AvgIpc) is 3.07. The van der Waals surface area contributed by atoms with E-state index in [1.54, 1.807) is 0 Å². The second kappa shape index (κ2) is 7.14. The number of hydrogen-bond donors (Lipinski definition) is 4. The van der Waals surface area contributed by atoms with E-state index in [-0.39, 0.29) is 17.0 Å². The Morgan fingerprint density at radius 3 is 2.63 bits per heavy atom. The zero-order valence-electron chi connectivity index (χ0n) is 13.1. The van der Waals surface area contributed by atoms with Crippen LogP contribution in [0.15, 0.2) is 12.7 Å². The largest absolute Gasteiger partial charge is 0.756 e. The molecule has 27 heavy (non-hydrogen) atoms. The van der Waals surface area contributed by atoms with Gasteiger partial charge in [0.2, 0.25) is 0 Å². The van der Waals surface area contributed by atoms with Crippen LogP contribution in [0.4, 0.5) is 5.82 Å². The van der Waals surface area contributed by atoms with Crippen LogP contribution in [0.2, 0.25) is 0 Å². The van der Waals surface area contributed by atoms with Crippen LogP contribution in [-0.4, -0.2) is 59.5 Å². The number of nitrogens with two attached hydrogens (primary N) is 1. The molecule has 15 nitrogen and oxygen atoms in total. The smallest absolute Gasteiger partial charge is 0.274 e. The molecular weight excluding hydrogens is 412 g/mol. The Bertz CT molecular complexity index is 932. The van der Waals surface area contributed by atoms with E-state index in [1.807, 2.05) is 0 Å². The zero-order chi connectivity index (χ0) is 20.0. The van der Waals surface area contributed by atoms with E-state index in [2.05, 4.69) is 23.8 Å². The lowest BCUT2D eigenvalue weighted by Gasteiger charge is -2.28. The quantitative estimate of drug-likeness (QED) is 0.337. The Morgan fingerprint density at radius 2 is 1.96 bits per heavy atom. The van der Waals surface area contributed by atoms with Crippen LogP contribution in [0.1, 0.15) is 6.23 Å². The normalized spacial score (nSPS) is 30.3. The van der Waals surface area contributed by atoms with Crippen LogP contribution in [0.3, 0.4) is 0 Å². The van der Waals surface area contributed by atoms with Crippen LogP contribution in [-0.2, 0) is 22.7 Å². The average molecular weight is 425 g/mol. The van der Waals surface area contributed by atoms with Gasteiger partial charge in [0.15, 0.2) is 17.7 Å². The van der Waals surface area contributed by atoms with E-state index in [4.69, 9.17) is 15.4 Å². The first-order valence-corrected chi connectivity index (χ1v) is 10.1. The molecule has 0 spiro atoms. The van der Waals surface area contributed by atoms with Gasteiger partial charge in [-0.2, -0.15) is 0 Å². The van der Waals surface area contributed by atoms with Gasteiger partial charge in [-0.3, -0.25) is 13.7 Å². The van der Waals surface area contributed by atoms with Crippen molar-refractivity contribution in [3.8, 4) is 0 Å². The highest BCUT2D eigenvalue weighted by Gasteiger charge is 2.45. The first-order valence-electron chi connectivity index (χ1n) is 7.14. The van der Waals surface area contributed by atoms with E-state index < -0.39 is 46.8 Å². The van der Waals surface area contributed by atoms with Crippen molar-refractivity contribution in [3.05, 3.63) is 12.7 Å². The third-order valence-corrected chi connectivity index (χ3v) is 5.69. The van der Waals surface area contributed by atoms with E-state index in [0.29, 0.717) is 0 Å². The highest BCUT2D eigenvalue weighted by molar-refractivity contribution is 7.59. The predicted molar refractivity (Wildman–Crippen MR) is 80.1 cm³/mol. The number of nitrogens with zero attached hydrogens (tertiary/aromatic N) is 4. The lowest BCUT2D eigenvalue weighted by molar-refractivity contribution is -0.242. The second-order valence-corrected chi connectivity index (χ2v) is 8.17. The number of nitrogen functional groups attached to an aromatic ring is 1. The molecule has 150 valence electrons. The van der Waals surface area contributed by atoms with E-state index in [1.165, 1.54) is 10.9 Å². The molecule has 17 heteroatoms. The number of aromatic nitrogens is 4. The Kier molecular flexibility index (Phi) is 5.35. The van der Waals surface area contributed by atoms with Crippen LogP contribution >= 0.6 is 15.6 Å². The third-order valence-electron chi connectivity index (χ3n) is 3.60. The molecule has 1 aliphatic heterocycles. The number of aliphatic hydroxyl groups is 2. The maximum atomic E-state index is 11.3. The summed E-state index contributed by atoms with van der Waals surface area (Å²) in [4.78, 5) is 41.9. The minimum Gasteiger partial charge on any atom is -0.756 e. The van der Waals surface area contributed by atoms with Gasteiger partial charge in [-0.25, -0.2) is 19.3 Å². The van der Waals surface area contributed by atoms with Crippen LogP contribution in [0, 0.1) is 0 Å². The van der Waals surface area contributed by atoms with Gasteiger partial charge < -0.3 is 39.9 Å². The number of aliphatic hydroxyl groups excluding tert-OH is 2. The van der Waals surface area contributed by atoms with Gasteiger partial charge >= 0.3 is 0 Å². The summed E-state index contributed by atoms with van der Waals surface area (Å²) in [5.41, 5.74) is 6.06. The van der Waals surface area contributed by atoms with Gasteiger partial charge in [-0.05, 0) is 0 Å². The maximum Gasteiger partial charge on any atom is 0.274 e. The highest BCUT2D eigenvalue weighted by Crippen LogP contribution is 2.52. The molecule has 0 radical (unpaired) electrons. The van der Waals surface area contributed by atoms with Gasteiger partial charge in [0, 0.05) is 0 Å². The topological polar surface area (TPSA) is 238 Å². The summed E-state index contributed by atoms with van der Waals surface area (Å²) in [6, 6.07) is 0. The van der Waals surface area contributed by atoms with Crippen molar-refractivity contribution in [1.82, 2.24) is 19.5 Å². The van der Waals surface area contributed by atoms with Crippen molar-refractivity contribution >= 4 is 32.6 Å². The van der Waals surface area contributed by atoms with Crippen molar-refractivity contribution < 1.29 is 47.6 Å². The first kappa shape index (κ1) is 20.2. The van der Waals surface area contributed by atoms with Crippen LogP contribution in [0.5, 0.6) is 0 Å². The number of rotatable bonds is 6. The Hall–Kier alpha value is -1.51. The molecule has 3 rings (SSSR count). The fourth-order valence-corrected chi connectivity index (χ4v) is 4.00. The zero-order valence-corrected chi connectivity index (χ0v) is 14.9. The summed E-state index contributed by atoms with van der Waals surface area (Å²) in [7, 11) is -11.0. The highest BCUT2D eigenvalue weighted by atomic mass is 31.3. The summed E-state index contributed by atoms with van der Waals surface area (Å²) in [6.45, 7) is -0.904. The molecule has 0 aromatic carbocycles. The fraction of sp³-hybridized carbons (Fsp3) is 0.500. The van der Waals surface area contributed by atoms with Gasteiger partial charge in [-0.15, -0.1) is 0 Å². The molecule has 0 aliphatic carbocycles. The number of fused-ring (bicyclic) bond motifs is 1. The minimum atomic E-state index is -5.60. The van der Waals surface area contributed by atoms with Crippen molar-refractivity contribution in [2.45, 2.75) is 24.5 Å². The van der Waals surface area contributed by atoms with Gasteiger partial charge in [0.1, 0.15) is 30.2 Å². The first-order chi connectivity index (χ1) is 12.5. The summed E-state index contributed by atoms with van der Waals surface area (Å²) < 4.78 is 36.1. The van der Waals surface area contributed by atoms with Crippen molar-refractivity contribution in [2.75, 3.05) is 12.3 Å². The fourth-order valence-electron chi connectivity index (χ4n) is 2.47. The number of imidazole rings is 1. The predicted octanol–water partition coefficient (Wildman–Crippen LogP) is -3.01. The standard InChI is InChI=1S/C10H15N5O10P2/c11-8-5-9(13-2-12-8)15(3-14-5)10-7(17)6(16)4(24-10)1-23-27(21,22)25-26(18,19)20/h2-4,6-7,10,16-17H,1H2,(H,21,22)(H2,11,12,13)(H2,18,19,20)/p-2/t4-,6?,7?,10-/m1/s1. The van der Waals surface area contributed by atoms with E-state index in [9.17, 15) is 29.1 Å². The van der Waals surface area contributed by atoms with Crippen molar-refractivity contribution in [1.29, 1.82) is 0 Å². The van der Waals surface area contributed by atoms with Gasteiger partial charge in [-0.1, -0.05) is 0 Å². The molecule has 0 amide bonds. The van der Waals surface area contributed by atoms with Crippen LogP contribution in [0.25, 0.3) is 11.2 Å². The SMILES string of the molecule is Nc1ncnc2c1ncn2[C@@H]1O[C@H](COP(=O)([O-])OP(=O)([O-])O)C(O)C1O. The Labute approximate surface area is 150 Å². The molecular formula is C10H13N5O10P2-2. The monoisotopic (exact) mass is 425 g/mol. The molecule has 0 saturated carbocycles. The third kappa shape index (κ3) is 4.33. The van der Waals surface area contributed by atoms with Gasteiger partial charge in [0.25, 0.3) is 15.6 Å². The molecule has 0 bridgehead atoms. The van der Waals surface area contributed by atoms with Crippen LogP contribution < -0.4 is 15.5 Å². The number of anilines is 1. The number of ether oxygens (including phenoxy) is 1. The molecule has 2 aromatic rings. The molecule has 2 aromatic heterocycles. The van der Waals surface area contributed by atoms with Gasteiger partial charge in [0.05, 0.1) is 12.9 Å². The van der Waals surface area contributed by atoms with E-state index in [0.717, 1.165) is 6.33 Å². The van der Waals surface area contributed by atoms with Crippen molar-refractivity contribution in [2.24, 2.45) is 0 Å². The Morgan fingerprint density at radius 1 is 1.26 bits per heavy atom. The molecule has 3 heterocycles. The lowest BCUT2D eigenvalue weighted by Crippen LogP contribution is -2.34. The molecule has 6 atom stereocenters. The number of hydrogen-bond acceptors (Lipinski definition) is 13. The minimum absolute atomic E-state index is 0.0714. The summed E-state index contributed by atoms with van der Waals surface area (Å²) >= 11 is 0. The molecule has 1 fully saturated rings. The maximum absolute atomic E-state index is 11.3. The van der Waals surface area contributed by atoms with Crippen molar-refractivity contribution in [3.63, 3.8) is 0 Å². The Balaban J connectivity index is 1.75. The molecule has 4 unspecified atom stereocenters. The van der Waals surface area contributed by atoms with E-state index >= 15 is 0 Å². The summed E-state index contributed by atoms with van der Waals surface area (Å²) in [6.07, 6.45) is -3.40. The molecule has 1 aliphatic rings. The summed E-state index contributed by atoms with van der Waals surface area (Å²) in [5, 5.41) is 20.2. The number of phosphoric ester groups is 1. The summed E-state index contributed by atoms with van der Waals surface area (Å²) in [5.74, 6) is 0.0714. The molecule has 5 N–H and O–H groups in total. The molecule has 1 saturated heterocycles. The lowest BCUT2D eigenvalue weighted by atomic mass is 10.1. The second-order valence-electron chi connectivity index (χ2n) is 5.42. The number of phosphoric acid groups is 2.